The molecule has 52 valence electrons. The first-order chi connectivity index (χ1) is 0. The number of hydrogen-bond donors (Lipinski definition) is 1. The summed E-state index contributed by atoms with van der Waals surface area (Å²) in [6.45, 7) is 0. The molecule has 6 nitrogen and oxygen atoms in total. The first kappa shape index (κ1) is 242. The Labute approximate surface area is 94.7 Å². The minimum absolute atomic E-state index is 0. The molecule has 0 bridgehead atoms. The van der Waals surface area contributed by atoms with Gasteiger partial charge in [0, 0.05) is 0 Å². The van der Waals surface area contributed by atoms with E-state index < -0.39 is 0 Å². The van der Waals surface area contributed by atoms with E-state index in [0.717, 1.165) is 0 Å². The summed E-state index contributed by atoms with van der Waals surface area (Å²) < 4.78 is 0. The molecule has 0 unspecified atom stereocenters. The minimum atomic E-state index is 0. The Morgan fingerprint density at radius 1 is 0.500 bits per heavy atom. The normalized spacial score (nSPS) is 0. The van der Waals surface area contributed by atoms with Crippen LogP contribution in [0.5, 0.6) is 0 Å². The Bertz CT molecular complexity index is 17.6. The topological polar surface area (TPSA) is 192 Å². The van der Waals surface area contributed by atoms with Crippen LogP contribution in [0, 0.1) is 0 Å². The molecule has 0 aliphatic carbocycles. The molecule has 0 radical (unpaired) electrons. The molecule has 8 heteroatoms. The molecule has 0 spiro atoms. The van der Waals surface area contributed by atoms with E-state index in [1.807, 2.05) is 0 Å². The summed E-state index contributed by atoms with van der Waals surface area (Å²) >= 11 is 0. The molecule has 0 atom stereocenters. The Kier molecular flexibility index (Phi) is 5150. The van der Waals surface area contributed by atoms with Crippen LogP contribution in [0.1, 0.15) is 2.85 Å². The van der Waals surface area contributed by atoms with Gasteiger partial charge in [-0.1, -0.05) is 0 Å². The standard InChI is InChI=1S/H3N.2Na.5H2O.2H/h1H3;;;5*1H2;;/q;2*+1;;;;;;2*-1. The third kappa shape index (κ3) is 114. The second-order valence-electron chi connectivity index (χ2n) is 0. The van der Waals surface area contributed by atoms with Crippen LogP contribution in [0.4, 0.5) is 0 Å². The van der Waals surface area contributed by atoms with Gasteiger partial charge in [0.05, 0.1) is 0 Å². The predicted molar refractivity (Wildman–Crippen MR) is 25.3 cm³/mol. The third-order valence-electron chi connectivity index (χ3n) is 0. The third-order valence-corrected chi connectivity index (χ3v) is 0. The smallest absolute Gasteiger partial charge is 1.00 e. The van der Waals surface area contributed by atoms with Crippen LogP contribution >= 0.6 is 0 Å². The van der Waals surface area contributed by atoms with Crippen molar-refractivity contribution in [1.82, 2.24) is 6.15 Å². The van der Waals surface area contributed by atoms with Gasteiger partial charge in [-0.2, -0.15) is 0 Å². The SMILES string of the molecule is N.O.O.O.O.O.[H-].[H-].[Na+].[Na+]. The van der Waals surface area contributed by atoms with E-state index in [1.165, 1.54) is 0 Å². The molecule has 8 heavy (non-hydrogen) atoms. The quantitative estimate of drug-likeness (QED) is 0.333. The minimum Gasteiger partial charge on any atom is -1.00 e. The Balaban J connectivity index is 0. The van der Waals surface area contributed by atoms with Crippen LogP contribution < -0.4 is 65.3 Å². The summed E-state index contributed by atoms with van der Waals surface area (Å²) in [6, 6.07) is 0. The van der Waals surface area contributed by atoms with Gasteiger partial charge >= 0.3 is 59.1 Å². The van der Waals surface area contributed by atoms with E-state index in [0.29, 0.717) is 0 Å². The largest absolute Gasteiger partial charge is 1.00 e. The van der Waals surface area contributed by atoms with Gasteiger partial charge in [-0.25, -0.2) is 0 Å². The van der Waals surface area contributed by atoms with Gasteiger partial charge in [0.2, 0.25) is 0 Å². The van der Waals surface area contributed by atoms with Gasteiger partial charge in [0.1, 0.15) is 0 Å². The van der Waals surface area contributed by atoms with Crippen LogP contribution in [0.15, 0.2) is 0 Å². The van der Waals surface area contributed by atoms with E-state index in [9.17, 15) is 0 Å². The summed E-state index contributed by atoms with van der Waals surface area (Å²) in [5.41, 5.74) is 0. The molecular weight excluding hydrogens is 140 g/mol. The molecule has 0 saturated carbocycles. The molecule has 0 fully saturated rings. The molecule has 0 amide bonds. The van der Waals surface area contributed by atoms with Crippen molar-refractivity contribution in [2.75, 3.05) is 0 Å². The van der Waals surface area contributed by atoms with Crippen molar-refractivity contribution in [1.29, 1.82) is 0 Å². The number of rotatable bonds is 0. The summed E-state index contributed by atoms with van der Waals surface area (Å²) in [6.07, 6.45) is 0. The molecule has 0 aromatic rings. The Hall–Kier alpha value is 1.76. The van der Waals surface area contributed by atoms with Gasteiger partial charge in [0.15, 0.2) is 0 Å². The average molecular weight is 155 g/mol. The van der Waals surface area contributed by atoms with Crippen LogP contribution in [-0.4, -0.2) is 27.4 Å². The van der Waals surface area contributed by atoms with Crippen molar-refractivity contribution < 1.29 is 89.3 Å². The fraction of sp³-hybridized carbons (Fsp3) is 0. The zero-order valence-electron chi connectivity index (χ0n) is 7.21. The summed E-state index contributed by atoms with van der Waals surface area (Å²) in [5, 5.41) is 0. The van der Waals surface area contributed by atoms with Gasteiger partial charge in [-0.3, -0.25) is 0 Å². The summed E-state index contributed by atoms with van der Waals surface area (Å²) in [7, 11) is 0. The maximum Gasteiger partial charge on any atom is 1.00 e. The van der Waals surface area contributed by atoms with Crippen LogP contribution in [-0.2, 0) is 0 Å². The zero-order valence-corrected chi connectivity index (χ0v) is 9.21. The average Bonchev–Trinajstić information content (AvgIpc) is 0. The Morgan fingerprint density at radius 2 is 0.500 bits per heavy atom. The molecule has 13 N–H and O–H groups in total. The predicted octanol–water partition coefficient (Wildman–Crippen LogP) is -9.73. The van der Waals surface area contributed by atoms with Gasteiger partial charge < -0.3 is 36.4 Å². The fourth-order valence-electron chi connectivity index (χ4n) is 0. The van der Waals surface area contributed by atoms with Crippen molar-refractivity contribution in [3.63, 3.8) is 0 Å². The van der Waals surface area contributed by atoms with E-state index in [2.05, 4.69) is 0 Å². The molecule has 0 saturated heterocycles. The maximum absolute atomic E-state index is 0. The molecule has 0 aliphatic heterocycles. The number of hydrogen-bond acceptors (Lipinski definition) is 1. The fourth-order valence-corrected chi connectivity index (χ4v) is 0. The first-order valence-corrected chi connectivity index (χ1v) is 0. The second kappa shape index (κ2) is 170. The van der Waals surface area contributed by atoms with Gasteiger partial charge in [-0.15, -0.1) is 0 Å². The maximum atomic E-state index is 0. The van der Waals surface area contributed by atoms with Crippen molar-refractivity contribution in [3.05, 3.63) is 0 Å². The molecule has 0 aliphatic rings. The van der Waals surface area contributed by atoms with Gasteiger partial charge in [0.25, 0.3) is 0 Å². The van der Waals surface area contributed by atoms with Crippen LogP contribution in [0.25, 0.3) is 0 Å². The summed E-state index contributed by atoms with van der Waals surface area (Å²) in [5.74, 6) is 0. The van der Waals surface area contributed by atoms with Crippen molar-refractivity contribution in [2.45, 2.75) is 0 Å². The second-order valence-corrected chi connectivity index (χ2v) is 0. The van der Waals surface area contributed by atoms with Crippen LogP contribution in [0.2, 0.25) is 0 Å². The van der Waals surface area contributed by atoms with Crippen molar-refractivity contribution in [3.8, 4) is 0 Å². The monoisotopic (exact) mass is 155 g/mol. The molecular formula is H15NNa2O5. The van der Waals surface area contributed by atoms with E-state index in [-0.39, 0.29) is 95.5 Å². The molecule has 0 heterocycles. The van der Waals surface area contributed by atoms with E-state index in [4.69, 9.17) is 0 Å². The van der Waals surface area contributed by atoms with Crippen molar-refractivity contribution in [2.24, 2.45) is 0 Å². The first-order valence-electron chi connectivity index (χ1n) is 0. The van der Waals surface area contributed by atoms with Gasteiger partial charge in [-0.05, 0) is 0 Å². The summed E-state index contributed by atoms with van der Waals surface area (Å²) in [4.78, 5) is 0. The molecule has 0 aromatic heterocycles. The Morgan fingerprint density at radius 3 is 0.500 bits per heavy atom. The van der Waals surface area contributed by atoms with E-state index in [1.54, 1.807) is 0 Å². The van der Waals surface area contributed by atoms with Crippen LogP contribution in [0.3, 0.4) is 0 Å². The zero-order chi connectivity index (χ0) is 0. The molecule has 0 rings (SSSR count). The van der Waals surface area contributed by atoms with Crippen molar-refractivity contribution >= 4 is 0 Å². The molecule has 0 aromatic carbocycles. The van der Waals surface area contributed by atoms with E-state index >= 15 is 0 Å².